The van der Waals surface area contributed by atoms with Crippen molar-refractivity contribution >= 4 is 10.8 Å². The van der Waals surface area contributed by atoms with Crippen LogP contribution in [0.25, 0.3) is 0 Å². The molecule has 0 bridgehead atoms. The number of benzene rings is 1. The average Bonchev–Trinajstić information content (AvgIpc) is 2.39. The van der Waals surface area contributed by atoms with Crippen molar-refractivity contribution in [1.29, 1.82) is 0 Å². The first-order valence-corrected chi connectivity index (χ1v) is 8.07. The highest BCUT2D eigenvalue weighted by molar-refractivity contribution is 7.85. The zero-order valence-corrected chi connectivity index (χ0v) is 11.6. The highest BCUT2D eigenvalue weighted by Crippen LogP contribution is 2.22. The van der Waals surface area contributed by atoms with Gasteiger partial charge in [-0.15, -0.1) is 0 Å². The van der Waals surface area contributed by atoms with Gasteiger partial charge in [0.15, 0.2) is 0 Å². The lowest BCUT2D eigenvalue weighted by Crippen LogP contribution is -2.37. The monoisotopic (exact) mass is 267 g/mol. The van der Waals surface area contributed by atoms with Crippen LogP contribution in [0.4, 0.5) is 0 Å². The number of phenols is 1. The Labute approximate surface area is 111 Å². The van der Waals surface area contributed by atoms with E-state index in [1.54, 1.807) is 12.1 Å². The molecule has 3 nitrogen and oxygen atoms in total. The van der Waals surface area contributed by atoms with Gasteiger partial charge in [0, 0.05) is 34.4 Å². The van der Waals surface area contributed by atoms with Crippen molar-refractivity contribution in [3.8, 4) is 5.75 Å². The lowest BCUT2D eigenvalue weighted by atomic mass is 10.0. The molecule has 4 heteroatoms. The lowest BCUT2D eigenvalue weighted by Gasteiger charge is -2.28. The molecule has 0 amide bonds. The van der Waals surface area contributed by atoms with Crippen LogP contribution < -0.4 is 5.32 Å². The zero-order chi connectivity index (χ0) is 13.0. The Morgan fingerprint density at radius 3 is 2.50 bits per heavy atom. The molecule has 0 spiro atoms. The van der Waals surface area contributed by atoms with Gasteiger partial charge in [-0.25, -0.2) is 0 Å². The summed E-state index contributed by atoms with van der Waals surface area (Å²) in [6.07, 6.45) is 3.02. The molecule has 0 aliphatic carbocycles. The van der Waals surface area contributed by atoms with E-state index in [0.717, 1.165) is 30.8 Å². The minimum absolute atomic E-state index is 0.307. The third-order valence-corrected chi connectivity index (χ3v) is 4.91. The number of aromatic hydroxyl groups is 1. The molecule has 2 N–H and O–H groups in total. The standard InChI is InChI=1S/C14H21NO2S/c1-2-14(11-3-5-13(16)6-4-11)15-12-7-9-18(17)10-8-12/h3-6,12,14-16H,2,7-10H2,1H3. The maximum atomic E-state index is 11.3. The van der Waals surface area contributed by atoms with E-state index in [0.29, 0.717) is 17.8 Å². The summed E-state index contributed by atoms with van der Waals surface area (Å²) in [6.45, 7) is 2.16. The van der Waals surface area contributed by atoms with Crippen LogP contribution in [-0.2, 0) is 10.8 Å². The predicted octanol–water partition coefficient (Wildman–Crippen LogP) is 2.34. The quantitative estimate of drug-likeness (QED) is 0.880. The van der Waals surface area contributed by atoms with E-state index in [1.807, 2.05) is 12.1 Å². The number of hydrogen-bond acceptors (Lipinski definition) is 3. The molecular formula is C14H21NO2S. The molecule has 2 rings (SSSR count). The van der Waals surface area contributed by atoms with Crippen LogP contribution in [-0.4, -0.2) is 26.9 Å². The minimum atomic E-state index is -0.598. The molecule has 100 valence electrons. The van der Waals surface area contributed by atoms with Crippen molar-refractivity contribution in [2.24, 2.45) is 0 Å². The summed E-state index contributed by atoms with van der Waals surface area (Å²) in [5.74, 6) is 1.95. The topological polar surface area (TPSA) is 49.3 Å². The van der Waals surface area contributed by atoms with Gasteiger partial charge in [-0.3, -0.25) is 4.21 Å². The largest absolute Gasteiger partial charge is 0.508 e. The fraction of sp³-hybridized carbons (Fsp3) is 0.571. The van der Waals surface area contributed by atoms with E-state index in [4.69, 9.17) is 0 Å². The van der Waals surface area contributed by atoms with Crippen LogP contribution in [0.15, 0.2) is 24.3 Å². The SMILES string of the molecule is CCC(NC1CCS(=O)CC1)c1ccc(O)cc1. The number of phenolic OH excluding ortho intramolecular Hbond substituents is 1. The van der Waals surface area contributed by atoms with Crippen molar-refractivity contribution < 1.29 is 9.32 Å². The van der Waals surface area contributed by atoms with Gasteiger partial charge >= 0.3 is 0 Å². The Balaban J connectivity index is 1.96. The van der Waals surface area contributed by atoms with Crippen LogP contribution in [0.1, 0.15) is 37.8 Å². The maximum absolute atomic E-state index is 11.3. The number of rotatable bonds is 4. The van der Waals surface area contributed by atoms with Crippen LogP contribution in [0.2, 0.25) is 0 Å². The normalized spacial score (nSPS) is 25.8. The smallest absolute Gasteiger partial charge is 0.115 e. The number of nitrogens with one attached hydrogen (secondary N) is 1. The summed E-state index contributed by atoms with van der Waals surface area (Å²) in [5, 5.41) is 13.0. The first-order valence-electron chi connectivity index (χ1n) is 6.59. The molecule has 1 atom stereocenters. The second-order valence-corrected chi connectivity index (χ2v) is 6.54. The molecule has 1 aromatic rings. The van der Waals surface area contributed by atoms with E-state index in [9.17, 15) is 9.32 Å². The molecule has 1 heterocycles. The van der Waals surface area contributed by atoms with Gasteiger partial charge in [0.1, 0.15) is 5.75 Å². The first-order chi connectivity index (χ1) is 8.69. The highest BCUT2D eigenvalue weighted by Gasteiger charge is 2.20. The van der Waals surface area contributed by atoms with Crippen molar-refractivity contribution in [2.45, 2.75) is 38.3 Å². The molecule has 1 fully saturated rings. The summed E-state index contributed by atoms with van der Waals surface area (Å²) in [6, 6.07) is 8.20. The maximum Gasteiger partial charge on any atom is 0.115 e. The zero-order valence-electron chi connectivity index (χ0n) is 10.8. The molecule has 1 aliphatic heterocycles. The Bertz CT molecular complexity index is 395. The minimum Gasteiger partial charge on any atom is -0.508 e. The van der Waals surface area contributed by atoms with E-state index < -0.39 is 10.8 Å². The van der Waals surface area contributed by atoms with Gasteiger partial charge in [0.2, 0.25) is 0 Å². The van der Waals surface area contributed by atoms with Crippen LogP contribution in [0.5, 0.6) is 5.75 Å². The summed E-state index contributed by atoms with van der Waals surface area (Å²) >= 11 is 0. The lowest BCUT2D eigenvalue weighted by molar-refractivity contribution is 0.402. The average molecular weight is 267 g/mol. The van der Waals surface area contributed by atoms with E-state index in [-0.39, 0.29) is 0 Å². The van der Waals surface area contributed by atoms with Crippen molar-refractivity contribution in [2.75, 3.05) is 11.5 Å². The van der Waals surface area contributed by atoms with Gasteiger partial charge in [0.25, 0.3) is 0 Å². The van der Waals surface area contributed by atoms with Crippen molar-refractivity contribution in [3.63, 3.8) is 0 Å². The third kappa shape index (κ3) is 3.56. The fourth-order valence-corrected chi connectivity index (χ4v) is 3.70. The second kappa shape index (κ2) is 6.34. The van der Waals surface area contributed by atoms with E-state index >= 15 is 0 Å². The summed E-state index contributed by atoms with van der Waals surface area (Å²) in [5.41, 5.74) is 1.21. The Kier molecular flexibility index (Phi) is 4.78. The Morgan fingerprint density at radius 2 is 1.94 bits per heavy atom. The Hall–Kier alpha value is -0.870. The molecule has 1 aliphatic rings. The molecule has 1 aromatic carbocycles. The third-order valence-electron chi connectivity index (χ3n) is 3.53. The highest BCUT2D eigenvalue weighted by atomic mass is 32.2. The van der Waals surface area contributed by atoms with Crippen LogP contribution in [0.3, 0.4) is 0 Å². The fourth-order valence-electron chi connectivity index (χ4n) is 2.40. The van der Waals surface area contributed by atoms with Crippen LogP contribution >= 0.6 is 0 Å². The van der Waals surface area contributed by atoms with Gasteiger partial charge in [-0.05, 0) is 37.0 Å². The number of hydrogen-bond donors (Lipinski definition) is 2. The summed E-state index contributed by atoms with van der Waals surface area (Å²) < 4.78 is 11.3. The van der Waals surface area contributed by atoms with Gasteiger partial charge in [0.05, 0.1) is 0 Å². The van der Waals surface area contributed by atoms with Gasteiger partial charge < -0.3 is 10.4 Å². The second-order valence-electron chi connectivity index (χ2n) is 4.84. The summed E-state index contributed by atoms with van der Waals surface area (Å²) in [4.78, 5) is 0. The molecule has 0 aromatic heterocycles. The van der Waals surface area contributed by atoms with Gasteiger partial charge in [-0.1, -0.05) is 19.1 Å². The first kappa shape index (κ1) is 13.6. The van der Waals surface area contributed by atoms with Crippen molar-refractivity contribution in [1.82, 2.24) is 5.32 Å². The molecule has 0 saturated carbocycles. The Morgan fingerprint density at radius 1 is 1.33 bits per heavy atom. The van der Waals surface area contributed by atoms with E-state index in [1.165, 1.54) is 5.56 Å². The van der Waals surface area contributed by atoms with E-state index in [2.05, 4.69) is 12.2 Å². The predicted molar refractivity (Wildman–Crippen MR) is 75.2 cm³/mol. The molecule has 1 unspecified atom stereocenters. The van der Waals surface area contributed by atoms with Crippen LogP contribution in [0, 0.1) is 0 Å². The molecular weight excluding hydrogens is 246 g/mol. The summed E-state index contributed by atoms with van der Waals surface area (Å²) in [7, 11) is -0.598. The van der Waals surface area contributed by atoms with Crippen molar-refractivity contribution in [3.05, 3.63) is 29.8 Å². The molecule has 1 saturated heterocycles. The van der Waals surface area contributed by atoms with Gasteiger partial charge in [-0.2, -0.15) is 0 Å². The molecule has 0 radical (unpaired) electrons. The molecule has 18 heavy (non-hydrogen) atoms.